The van der Waals surface area contributed by atoms with Crippen LogP contribution in [0.3, 0.4) is 0 Å². The van der Waals surface area contributed by atoms with Crippen LogP contribution in [0.1, 0.15) is 40.4 Å². The molecule has 0 radical (unpaired) electrons. The quantitative estimate of drug-likeness (QED) is 0.879. The van der Waals surface area contributed by atoms with E-state index in [-0.39, 0.29) is 28.8 Å². The Morgan fingerprint density at radius 2 is 2.04 bits per heavy atom. The van der Waals surface area contributed by atoms with Gasteiger partial charge in [-0.05, 0) is 31.0 Å². The average Bonchev–Trinajstić information content (AvgIpc) is 2.52. The molecule has 0 aliphatic rings. The van der Waals surface area contributed by atoms with Gasteiger partial charge in [0.05, 0.1) is 11.1 Å². The summed E-state index contributed by atoms with van der Waals surface area (Å²) in [6.07, 6.45) is 0.523. The second-order valence-electron chi connectivity index (χ2n) is 5.08. The molecular formula is C17H15FN2O3. The molecule has 2 aromatic rings. The SMILES string of the molecule is CCCn1c(O)c(C(=O)c2ccccc2F)c(C)c(C#N)c1=O. The van der Waals surface area contributed by atoms with E-state index in [9.17, 15) is 24.3 Å². The van der Waals surface area contributed by atoms with E-state index >= 15 is 0 Å². The molecule has 5 nitrogen and oxygen atoms in total. The Balaban J connectivity index is 2.80. The molecule has 1 aromatic carbocycles. The summed E-state index contributed by atoms with van der Waals surface area (Å²) in [4.78, 5) is 24.8. The Morgan fingerprint density at radius 3 is 2.61 bits per heavy atom. The van der Waals surface area contributed by atoms with Gasteiger partial charge in [-0.25, -0.2) is 4.39 Å². The number of ketones is 1. The minimum Gasteiger partial charge on any atom is -0.494 e. The number of aromatic hydroxyl groups is 1. The van der Waals surface area contributed by atoms with Crippen LogP contribution in [0.5, 0.6) is 5.88 Å². The zero-order chi connectivity index (χ0) is 17.1. The van der Waals surface area contributed by atoms with Crippen molar-refractivity contribution in [2.75, 3.05) is 0 Å². The summed E-state index contributed by atoms with van der Waals surface area (Å²) < 4.78 is 14.8. The van der Waals surface area contributed by atoms with E-state index in [1.165, 1.54) is 25.1 Å². The fourth-order valence-electron chi connectivity index (χ4n) is 2.43. The molecule has 0 bridgehead atoms. The highest BCUT2D eigenvalue weighted by atomic mass is 19.1. The third-order valence-electron chi connectivity index (χ3n) is 3.59. The molecule has 0 unspecified atom stereocenters. The van der Waals surface area contributed by atoms with Gasteiger partial charge in [0.1, 0.15) is 17.4 Å². The number of carbonyl (C=O) groups excluding carboxylic acids is 1. The third-order valence-corrected chi connectivity index (χ3v) is 3.59. The van der Waals surface area contributed by atoms with Gasteiger partial charge in [0.25, 0.3) is 5.56 Å². The molecule has 1 N–H and O–H groups in total. The third kappa shape index (κ3) is 2.73. The van der Waals surface area contributed by atoms with E-state index in [2.05, 4.69) is 0 Å². The van der Waals surface area contributed by atoms with E-state index in [1.807, 2.05) is 0 Å². The highest BCUT2D eigenvalue weighted by Crippen LogP contribution is 2.25. The van der Waals surface area contributed by atoms with Crippen LogP contribution in [0.25, 0.3) is 0 Å². The van der Waals surface area contributed by atoms with Crippen molar-refractivity contribution >= 4 is 5.78 Å². The summed E-state index contributed by atoms with van der Waals surface area (Å²) in [5.41, 5.74) is -1.28. The number of hydrogen-bond donors (Lipinski definition) is 1. The van der Waals surface area contributed by atoms with Gasteiger partial charge < -0.3 is 5.11 Å². The van der Waals surface area contributed by atoms with Crippen molar-refractivity contribution in [3.05, 3.63) is 62.7 Å². The smallest absolute Gasteiger partial charge is 0.271 e. The highest BCUT2D eigenvalue weighted by molar-refractivity contribution is 6.11. The standard InChI is InChI=1S/C17H15FN2O3/c1-3-8-20-16(22)12(9-19)10(2)14(17(20)23)15(21)11-6-4-5-7-13(11)18/h4-7,23H,3,8H2,1-2H3. The number of aromatic nitrogens is 1. The molecule has 2 rings (SSSR count). The molecule has 1 heterocycles. The molecule has 0 amide bonds. The summed E-state index contributed by atoms with van der Waals surface area (Å²) in [7, 11) is 0. The predicted molar refractivity (Wildman–Crippen MR) is 81.9 cm³/mol. The van der Waals surface area contributed by atoms with Gasteiger partial charge in [-0.2, -0.15) is 5.26 Å². The molecule has 0 atom stereocenters. The Labute approximate surface area is 132 Å². The average molecular weight is 314 g/mol. The number of nitrogens with zero attached hydrogens (tertiary/aromatic N) is 2. The van der Waals surface area contributed by atoms with Crippen molar-refractivity contribution in [3.8, 4) is 11.9 Å². The fourth-order valence-corrected chi connectivity index (χ4v) is 2.43. The first-order valence-electron chi connectivity index (χ1n) is 7.09. The maximum absolute atomic E-state index is 13.9. The van der Waals surface area contributed by atoms with Crippen LogP contribution in [0.4, 0.5) is 4.39 Å². The largest absolute Gasteiger partial charge is 0.494 e. The van der Waals surface area contributed by atoms with Crippen molar-refractivity contribution in [2.24, 2.45) is 0 Å². The van der Waals surface area contributed by atoms with Crippen molar-refractivity contribution in [2.45, 2.75) is 26.8 Å². The number of rotatable bonds is 4. The Bertz CT molecular complexity index is 879. The Hall–Kier alpha value is -2.94. The number of carbonyl (C=O) groups is 1. The van der Waals surface area contributed by atoms with Gasteiger partial charge in [0, 0.05) is 6.54 Å². The van der Waals surface area contributed by atoms with Crippen LogP contribution in [0.2, 0.25) is 0 Å². The van der Waals surface area contributed by atoms with Gasteiger partial charge in [-0.15, -0.1) is 0 Å². The molecular weight excluding hydrogens is 299 g/mol. The molecule has 0 aliphatic carbocycles. The summed E-state index contributed by atoms with van der Waals surface area (Å²) >= 11 is 0. The van der Waals surface area contributed by atoms with Gasteiger partial charge >= 0.3 is 0 Å². The summed E-state index contributed by atoms with van der Waals surface area (Å²) in [6, 6.07) is 7.12. The zero-order valence-corrected chi connectivity index (χ0v) is 12.8. The van der Waals surface area contributed by atoms with E-state index in [0.717, 1.165) is 10.6 Å². The molecule has 0 spiro atoms. The van der Waals surface area contributed by atoms with E-state index in [0.29, 0.717) is 6.42 Å². The topological polar surface area (TPSA) is 83.1 Å². The highest BCUT2D eigenvalue weighted by Gasteiger charge is 2.25. The lowest BCUT2D eigenvalue weighted by molar-refractivity contribution is 0.103. The first-order valence-corrected chi connectivity index (χ1v) is 7.09. The second-order valence-corrected chi connectivity index (χ2v) is 5.08. The lowest BCUT2D eigenvalue weighted by Crippen LogP contribution is -2.26. The van der Waals surface area contributed by atoms with Gasteiger partial charge in [0.15, 0.2) is 0 Å². The van der Waals surface area contributed by atoms with Crippen molar-refractivity contribution in [3.63, 3.8) is 0 Å². The molecule has 0 aliphatic heterocycles. The molecule has 1 aromatic heterocycles. The van der Waals surface area contributed by atoms with Crippen molar-refractivity contribution in [1.82, 2.24) is 4.57 Å². The number of halogens is 1. The number of pyridine rings is 1. The van der Waals surface area contributed by atoms with E-state index in [4.69, 9.17) is 0 Å². The molecule has 0 saturated heterocycles. The number of benzene rings is 1. The first-order chi connectivity index (χ1) is 10.9. The molecule has 0 saturated carbocycles. The van der Waals surface area contributed by atoms with E-state index in [1.54, 1.807) is 13.0 Å². The molecule has 6 heteroatoms. The predicted octanol–water partition coefficient (Wildman–Crippen LogP) is 2.51. The fraction of sp³-hybridized carbons (Fsp3) is 0.235. The van der Waals surface area contributed by atoms with Gasteiger partial charge in [0.2, 0.25) is 11.7 Å². The van der Waals surface area contributed by atoms with Crippen LogP contribution < -0.4 is 5.56 Å². The van der Waals surface area contributed by atoms with Crippen LogP contribution >= 0.6 is 0 Å². The van der Waals surface area contributed by atoms with Crippen LogP contribution in [0, 0.1) is 24.1 Å². The second kappa shape index (κ2) is 6.44. The van der Waals surface area contributed by atoms with Gasteiger partial charge in [-0.3, -0.25) is 14.2 Å². The zero-order valence-electron chi connectivity index (χ0n) is 12.8. The van der Waals surface area contributed by atoms with Crippen molar-refractivity contribution in [1.29, 1.82) is 5.26 Å². The van der Waals surface area contributed by atoms with Crippen LogP contribution in [-0.4, -0.2) is 15.5 Å². The first kappa shape index (κ1) is 16.4. The maximum atomic E-state index is 13.9. The van der Waals surface area contributed by atoms with Gasteiger partial charge in [-0.1, -0.05) is 19.1 Å². The maximum Gasteiger partial charge on any atom is 0.271 e. The van der Waals surface area contributed by atoms with Crippen molar-refractivity contribution < 1.29 is 14.3 Å². The monoisotopic (exact) mass is 314 g/mol. The van der Waals surface area contributed by atoms with Crippen LogP contribution in [0.15, 0.2) is 29.1 Å². The Kier molecular flexibility index (Phi) is 4.60. The number of hydrogen-bond acceptors (Lipinski definition) is 4. The summed E-state index contributed by atoms with van der Waals surface area (Å²) in [6.45, 7) is 3.33. The molecule has 118 valence electrons. The number of nitriles is 1. The van der Waals surface area contributed by atoms with Crippen LogP contribution in [-0.2, 0) is 6.54 Å². The normalized spacial score (nSPS) is 10.3. The summed E-state index contributed by atoms with van der Waals surface area (Å²) in [5.74, 6) is -2.04. The lowest BCUT2D eigenvalue weighted by atomic mass is 9.97. The van der Waals surface area contributed by atoms with E-state index < -0.39 is 23.0 Å². The minimum atomic E-state index is -0.764. The minimum absolute atomic E-state index is 0.0515. The lowest BCUT2D eigenvalue weighted by Gasteiger charge is -2.15. The summed E-state index contributed by atoms with van der Waals surface area (Å²) in [5, 5.41) is 19.5. The molecule has 23 heavy (non-hydrogen) atoms. The Morgan fingerprint density at radius 1 is 1.39 bits per heavy atom. The molecule has 0 fully saturated rings.